The monoisotopic (exact) mass is 254 g/mol. The van der Waals surface area contributed by atoms with E-state index in [4.69, 9.17) is 4.74 Å². The second-order valence-corrected chi connectivity index (χ2v) is 5.39. The summed E-state index contributed by atoms with van der Waals surface area (Å²) in [5, 5.41) is 4.37. The summed E-state index contributed by atoms with van der Waals surface area (Å²) in [6, 6.07) is 0.377. The van der Waals surface area contributed by atoms with Gasteiger partial charge in [-0.15, -0.1) is 0 Å². The molecule has 0 amide bonds. The number of rotatable bonds is 3. The van der Waals surface area contributed by atoms with Crippen LogP contribution in [-0.4, -0.2) is 29.4 Å². The van der Waals surface area contributed by atoms with Crippen molar-refractivity contribution in [2.24, 2.45) is 5.92 Å². The van der Waals surface area contributed by atoms with E-state index in [2.05, 4.69) is 16.6 Å². The summed E-state index contributed by atoms with van der Waals surface area (Å²) in [4.78, 5) is 11.6. The third kappa shape index (κ3) is 2.66. The molecule has 1 aromatic heterocycles. The molecule has 1 aliphatic rings. The van der Waals surface area contributed by atoms with E-state index in [0.29, 0.717) is 12.0 Å². The molecule has 2 unspecified atom stereocenters. The summed E-state index contributed by atoms with van der Waals surface area (Å²) in [6.07, 6.45) is 0.982. The van der Waals surface area contributed by atoms with E-state index in [0.717, 1.165) is 35.9 Å². The van der Waals surface area contributed by atoms with Crippen LogP contribution in [0.1, 0.15) is 36.3 Å². The molecule has 0 aliphatic carbocycles. The normalized spacial score (nSPS) is 24.6. The number of ether oxygens (including phenoxy) is 1. The summed E-state index contributed by atoms with van der Waals surface area (Å²) in [5.74, 6) is 0.546. The Labute approximate surface area is 106 Å². The van der Waals surface area contributed by atoms with E-state index >= 15 is 0 Å². The molecule has 1 saturated heterocycles. The highest BCUT2D eigenvalue weighted by Gasteiger charge is 2.24. The molecule has 1 N–H and O–H groups in total. The number of hydrogen-bond donors (Lipinski definition) is 1. The van der Waals surface area contributed by atoms with Gasteiger partial charge in [0.15, 0.2) is 5.78 Å². The highest BCUT2D eigenvalue weighted by molar-refractivity contribution is 7.10. The number of ketones is 1. The van der Waals surface area contributed by atoms with Crippen molar-refractivity contribution in [2.75, 3.05) is 18.5 Å². The van der Waals surface area contributed by atoms with Crippen molar-refractivity contribution in [3.8, 4) is 0 Å². The lowest BCUT2D eigenvalue weighted by atomic mass is 9.98. The zero-order valence-electron chi connectivity index (χ0n) is 10.4. The number of aromatic nitrogens is 1. The van der Waals surface area contributed by atoms with Gasteiger partial charge < -0.3 is 10.1 Å². The molecule has 0 spiro atoms. The molecule has 17 heavy (non-hydrogen) atoms. The molecule has 2 atom stereocenters. The predicted octanol–water partition coefficient (Wildman–Crippen LogP) is 2.49. The SMILES string of the molecule is CC(=O)c1c(C)nsc1NC1CCOCC1C. The lowest BCUT2D eigenvalue weighted by Gasteiger charge is -2.29. The smallest absolute Gasteiger partial charge is 0.164 e. The first kappa shape index (κ1) is 12.5. The number of carbonyl (C=O) groups excluding carboxylic acids is 1. The third-order valence-electron chi connectivity index (χ3n) is 3.17. The maximum Gasteiger partial charge on any atom is 0.164 e. The number of nitrogens with one attached hydrogen (secondary N) is 1. The van der Waals surface area contributed by atoms with Crippen molar-refractivity contribution in [2.45, 2.75) is 33.2 Å². The van der Waals surface area contributed by atoms with Gasteiger partial charge in [0.05, 0.1) is 17.9 Å². The van der Waals surface area contributed by atoms with E-state index in [1.807, 2.05) is 6.92 Å². The van der Waals surface area contributed by atoms with Gasteiger partial charge in [-0.1, -0.05) is 6.92 Å². The Bertz CT molecular complexity index is 417. The molecule has 1 fully saturated rings. The minimum absolute atomic E-state index is 0.0819. The van der Waals surface area contributed by atoms with Gasteiger partial charge in [0.25, 0.3) is 0 Å². The minimum atomic E-state index is 0.0819. The zero-order chi connectivity index (χ0) is 12.4. The second kappa shape index (κ2) is 5.14. The first-order valence-electron chi connectivity index (χ1n) is 5.91. The number of anilines is 1. The zero-order valence-corrected chi connectivity index (χ0v) is 11.3. The molecule has 0 saturated carbocycles. The Morgan fingerprint density at radius 3 is 3.00 bits per heavy atom. The van der Waals surface area contributed by atoms with Gasteiger partial charge in [0, 0.05) is 12.6 Å². The molecular weight excluding hydrogens is 236 g/mol. The quantitative estimate of drug-likeness (QED) is 0.842. The average Bonchev–Trinajstić information content (AvgIpc) is 2.63. The topological polar surface area (TPSA) is 51.2 Å². The van der Waals surface area contributed by atoms with Crippen LogP contribution in [0.15, 0.2) is 0 Å². The van der Waals surface area contributed by atoms with E-state index in [9.17, 15) is 4.79 Å². The fraction of sp³-hybridized carbons (Fsp3) is 0.667. The number of carbonyl (C=O) groups is 1. The molecule has 4 nitrogen and oxygen atoms in total. The lowest BCUT2D eigenvalue weighted by molar-refractivity contribution is 0.0538. The Kier molecular flexibility index (Phi) is 3.79. The highest BCUT2D eigenvalue weighted by atomic mass is 32.1. The van der Waals surface area contributed by atoms with Crippen LogP contribution < -0.4 is 5.32 Å². The lowest BCUT2D eigenvalue weighted by Crippen LogP contribution is -2.36. The Balaban J connectivity index is 2.15. The first-order valence-corrected chi connectivity index (χ1v) is 6.68. The van der Waals surface area contributed by atoms with Crippen LogP contribution in [-0.2, 0) is 4.74 Å². The van der Waals surface area contributed by atoms with Gasteiger partial charge in [0.1, 0.15) is 5.00 Å². The number of nitrogens with zero attached hydrogens (tertiary/aromatic N) is 1. The fourth-order valence-corrected chi connectivity index (χ4v) is 3.05. The number of aryl methyl sites for hydroxylation is 1. The van der Waals surface area contributed by atoms with E-state index < -0.39 is 0 Å². The van der Waals surface area contributed by atoms with Gasteiger partial charge in [0.2, 0.25) is 0 Å². The van der Waals surface area contributed by atoms with Crippen molar-refractivity contribution in [3.63, 3.8) is 0 Å². The summed E-state index contributed by atoms with van der Waals surface area (Å²) < 4.78 is 9.67. The first-order chi connectivity index (χ1) is 8.09. The molecule has 0 aromatic carbocycles. The molecule has 1 aliphatic heterocycles. The van der Waals surface area contributed by atoms with Gasteiger partial charge in [-0.3, -0.25) is 4.79 Å². The average molecular weight is 254 g/mol. The molecule has 2 heterocycles. The number of hydrogen-bond acceptors (Lipinski definition) is 5. The summed E-state index contributed by atoms with van der Waals surface area (Å²) >= 11 is 1.38. The maximum absolute atomic E-state index is 11.6. The van der Waals surface area contributed by atoms with Gasteiger partial charge in [-0.25, -0.2) is 0 Å². The van der Waals surface area contributed by atoms with E-state index in [1.54, 1.807) is 6.92 Å². The summed E-state index contributed by atoms with van der Waals surface area (Å²) in [7, 11) is 0. The van der Waals surface area contributed by atoms with Gasteiger partial charge >= 0.3 is 0 Å². The third-order valence-corrected chi connectivity index (χ3v) is 4.04. The van der Waals surface area contributed by atoms with Crippen molar-refractivity contribution < 1.29 is 9.53 Å². The molecule has 0 radical (unpaired) electrons. The standard InChI is InChI=1S/C12H18N2O2S/c1-7-6-16-5-4-10(7)13-12-11(9(3)15)8(2)14-17-12/h7,10,13H,4-6H2,1-3H3. The van der Waals surface area contributed by atoms with E-state index in [-0.39, 0.29) is 5.78 Å². The molecule has 2 rings (SSSR count). The molecule has 0 bridgehead atoms. The van der Waals surface area contributed by atoms with Crippen molar-refractivity contribution in [3.05, 3.63) is 11.3 Å². The van der Waals surface area contributed by atoms with Crippen molar-refractivity contribution in [1.29, 1.82) is 0 Å². The minimum Gasteiger partial charge on any atom is -0.381 e. The summed E-state index contributed by atoms with van der Waals surface area (Å²) in [6.45, 7) is 7.21. The van der Waals surface area contributed by atoms with Crippen LogP contribution in [0.25, 0.3) is 0 Å². The number of Topliss-reactive ketones (excluding diaryl/α,β-unsaturated/α-hetero) is 1. The van der Waals surface area contributed by atoms with Crippen LogP contribution in [0.2, 0.25) is 0 Å². The van der Waals surface area contributed by atoms with Crippen LogP contribution in [0.4, 0.5) is 5.00 Å². The fourth-order valence-electron chi connectivity index (χ4n) is 2.15. The predicted molar refractivity (Wildman–Crippen MR) is 68.9 cm³/mol. The molecule has 5 heteroatoms. The Morgan fingerprint density at radius 2 is 2.35 bits per heavy atom. The van der Waals surface area contributed by atoms with Gasteiger partial charge in [-0.2, -0.15) is 4.37 Å². The van der Waals surface area contributed by atoms with Crippen LogP contribution in [0.5, 0.6) is 0 Å². The molecule has 94 valence electrons. The van der Waals surface area contributed by atoms with Crippen LogP contribution in [0, 0.1) is 12.8 Å². The van der Waals surface area contributed by atoms with E-state index in [1.165, 1.54) is 11.5 Å². The largest absolute Gasteiger partial charge is 0.381 e. The maximum atomic E-state index is 11.6. The second-order valence-electron chi connectivity index (χ2n) is 4.62. The van der Waals surface area contributed by atoms with Crippen molar-refractivity contribution >= 4 is 22.3 Å². The van der Waals surface area contributed by atoms with Gasteiger partial charge in [-0.05, 0) is 37.7 Å². The Morgan fingerprint density at radius 1 is 1.59 bits per heavy atom. The van der Waals surface area contributed by atoms with Crippen LogP contribution in [0.3, 0.4) is 0 Å². The highest BCUT2D eigenvalue weighted by Crippen LogP contribution is 2.28. The summed E-state index contributed by atoms with van der Waals surface area (Å²) in [5.41, 5.74) is 1.57. The Hall–Kier alpha value is -0.940. The molecule has 1 aromatic rings. The van der Waals surface area contributed by atoms with Crippen LogP contribution >= 0.6 is 11.5 Å². The molecular formula is C12H18N2O2S. The van der Waals surface area contributed by atoms with Crippen molar-refractivity contribution in [1.82, 2.24) is 4.37 Å².